The van der Waals surface area contributed by atoms with E-state index in [4.69, 9.17) is 5.11 Å². The predicted molar refractivity (Wildman–Crippen MR) is 76.2 cm³/mol. The van der Waals surface area contributed by atoms with Crippen molar-refractivity contribution in [2.75, 3.05) is 5.75 Å². The second kappa shape index (κ2) is 7.28. The standard InChI is InChI=1S/C14H18FNO3S/c1-3-14(2,13(18)19)16-12(17)8-9-20-11-7-5-4-6-10(11)15/h4-7H,3,8-9H2,1-2H3,(H,16,17)(H,18,19). The summed E-state index contributed by atoms with van der Waals surface area (Å²) in [5.74, 6) is -1.33. The molecule has 1 rings (SSSR count). The van der Waals surface area contributed by atoms with Crippen molar-refractivity contribution >= 4 is 23.6 Å². The van der Waals surface area contributed by atoms with Crippen LogP contribution in [0, 0.1) is 5.82 Å². The number of carboxylic acids is 1. The number of hydrogen-bond acceptors (Lipinski definition) is 3. The largest absolute Gasteiger partial charge is 0.480 e. The first kappa shape index (κ1) is 16.5. The van der Waals surface area contributed by atoms with Crippen LogP contribution in [0.3, 0.4) is 0 Å². The molecule has 0 fully saturated rings. The highest BCUT2D eigenvalue weighted by molar-refractivity contribution is 7.99. The monoisotopic (exact) mass is 299 g/mol. The minimum atomic E-state index is -1.25. The van der Waals surface area contributed by atoms with Gasteiger partial charge in [-0.25, -0.2) is 9.18 Å². The van der Waals surface area contributed by atoms with Crippen LogP contribution in [0.1, 0.15) is 26.7 Å². The van der Waals surface area contributed by atoms with Crippen LogP contribution in [-0.2, 0) is 9.59 Å². The number of amides is 1. The fraction of sp³-hybridized carbons (Fsp3) is 0.429. The Bertz CT molecular complexity index is 495. The van der Waals surface area contributed by atoms with Gasteiger partial charge in [0, 0.05) is 17.1 Å². The number of thioether (sulfide) groups is 1. The highest BCUT2D eigenvalue weighted by Gasteiger charge is 2.32. The highest BCUT2D eigenvalue weighted by atomic mass is 32.2. The first-order chi connectivity index (χ1) is 9.39. The van der Waals surface area contributed by atoms with Gasteiger partial charge in [0.15, 0.2) is 0 Å². The topological polar surface area (TPSA) is 66.4 Å². The van der Waals surface area contributed by atoms with E-state index in [1.165, 1.54) is 24.8 Å². The summed E-state index contributed by atoms with van der Waals surface area (Å²) in [5.41, 5.74) is -1.25. The normalized spacial score (nSPS) is 13.6. The van der Waals surface area contributed by atoms with E-state index in [0.717, 1.165) is 0 Å². The number of benzene rings is 1. The van der Waals surface area contributed by atoms with Gasteiger partial charge >= 0.3 is 5.97 Å². The second-order valence-electron chi connectivity index (χ2n) is 4.57. The molecular formula is C14H18FNO3S. The Balaban J connectivity index is 2.45. The number of rotatable bonds is 7. The van der Waals surface area contributed by atoms with Crippen LogP contribution < -0.4 is 5.32 Å². The molecule has 0 aliphatic heterocycles. The van der Waals surface area contributed by atoms with Gasteiger partial charge in [0.05, 0.1) is 0 Å². The van der Waals surface area contributed by atoms with Crippen molar-refractivity contribution < 1.29 is 19.1 Å². The summed E-state index contributed by atoms with van der Waals surface area (Å²) in [6, 6.07) is 6.34. The highest BCUT2D eigenvalue weighted by Crippen LogP contribution is 2.21. The molecule has 1 amide bonds. The molecule has 1 aromatic carbocycles. The molecule has 1 atom stereocenters. The summed E-state index contributed by atoms with van der Waals surface area (Å²) < 4.78 is 13.3. The number of carboxylic acid groups (broad SMARTS) is 1. The van der Waals surface area contributed by atoms with Gasteiger partial charge in [-0.1, -0.05) is 19.1 Å². The molecule has 20 heavy (non-hydrogen) atoms. The van der Waals surface area contributed by atoms with E-state index in [2.05, 4.69) is 5.32 Å². The summed E-state index contributed by atoms with van der Waals surface area (Å²) in [5, 5.41) is 11.5. The van der Waals surface area contributed by atoms with E-state index in [9.17, 15) is 14.0 Å². The fourth-order valence-electron chi connectivity index (χ4n) is 1.48. The lowest BCUT2D eigenvalue weighted by Crippen LogP contribution is -2.51. The third-order valence-corrected chi connectivity index (χ3v) is 4.07. The minimum Gasteiger partial charge on any atom is -0.480 e. The molecule has 0 radical (unpaired) electrons. The molecule has 0 bridgehead atoms. The lowest BCUT2D eigenvalue weighted by atomic mass is 9.99. The van der Waals surface area contributed by atoms with Crippen molar-refractivity contribution in [3.8, 4) is 0 Å². The Morgan fingerprint density at radius 3 is 2.60 bits per heavy atom. The van der Waals surface area contributed by atoms with Crippen LogP contribution in [0.5, 0.6) is 0 Å². The van der Waals surface area contributed by atoms with E-state index >= 15 is 0 Å². The zero-order chi connectivity index (χ0) is 15.2. The van der Waals surface area contributed by atoms with Crippen molar-refractivity contribution in [1.82, 2.24) is 5.32 Å². The summed E-state index contributed by atoms with van der Waals surface area (Å²) >= 11 is 1.23. The Morgan fingerprint density at radius 2 is 2.05 bits per heavy atom. The van der Waals surface area contributed by atoms with E-state index in [1.54, 1.807) is 25.1 Å². The smallest absolute Gasteiger partial charge is 0.329 e. The van der Waals surface area contributed by atoms with Crippen LogP contribution in [0.25, 0.3) is 0 Å². The quantitative estimate of drug-likeness (QED) is 0.760. The van der Waals surface area contributed by atoms with Gasteiger partial charge in [-0.05, 0) is 25.5 Å². The van der Waals surface area contributed by atoms with Crippen LogP contribution >= 0.6 is 11.8 Å². The number of halogens is 1. The van der Waals surface area contributed by atoms with Crippen molar-refractivity contribution in [3.05, 3.63) is 30.1 Å². The summed E-state index contributed by atoms with van der Waals surface area (Å²) in [7, 11) is 0. The van der Waals surface area contributed by atoms with Crippen LogP contribution in [0.4, 0.5) is 4.39 Å². The van der Waals surface area contributed by atoms with Crippen molar-refractivity contribution in [2.45, 2.75) is 37.1 Å². The maximum Gasteiger partial charge on any atom is 0.329 e. The second-order valence-corrected chi connectivity index (χ2v) is 5.70. The average molecular weight is 299 g/mol. The Morgan fingerprint density at radius 1 is 1.40 bits per heavy atom. The fourth-order valence-corrected chi connectivity index (χ4v) is 2.37. The molecule has 4 nitrogen and oxygen atoms in total. The Hall–Kier alpha value is -1.56. The molecule has 0 saturated carbocycles. The van der Waals surface area contributed by atoms with E-state index in [1.807, 2.05) is 0 Å². The van der Waals surface area contributed by atoms with E-state index < -0.39 is 11.5 Å². The van der Waals surface area contributed by atoms with Gasteiger partial charge in [0.2, 0.25) is 5.91 Å². The third kappa shape index (κ3) is 4.52. The van der Waals surface area contributed by atoms with Crippen molar-refractivity contribution in [1.29, 1.82) is 0 Å². The van der Waals surface area contributed by atoms with E-state index in [0.29, 0.717) is 17.1 Å². The molecule has 1 unspecified atom stereocenters. The van der Waals surface area contributed by atoms with Gasteiger partial charge in [-0.3, -0.25) is 4.79 Å². The Kier molecular flexibility index (Phi) is 6.01. The zero-order valence-corrected chi connectivity index (χ0v) is 12.3. The molecule has 0 aromatic heterocycles. The molecule has 2 N–H and O–H groups in total. The predicted octanol–water partition coefficient (Wildman–Crippen LogP) is 2.68. The maximum absolute atomic E-state index is 13.3. The molecule has 110 valence electrons. The molecule has 0 spiro atoms. The SMILES string of the molecule is CCC(C)(NC(=O)CCSc1ccccc1F)C(=O)O. The third-order valence-electron chi connectivity index (χ3n) is 3.02. The van der Waals surface area contributed by atoms with Gasteiger partial charge in [-0.2, -0.15) is 0 Å². The summed E-state index contributed by atoms with van der Waals surface area (Å²) in [6.07, 6.45) is 0.441. The van der Waals surface area contributed by atoms with Crippen molar-refractivity contribution in [3.63, 3.8) is 0 Å². The number of nitrogens with one attached hydrogen (secondary N) is 1. The first-order valence-electron chi connectivity index (χ1n) is 6.31. The first-order valence-corrected chi connectivity index (χ1v) is 7.29. The zero-order valence-electron chi connectivity index (χ0n) is 11.5. The lowest BCUT2D eigenvalue weighted by molar-refractivity contribution is -0.146. The van der Waals surface area contributed by atoms with Gasteiger partial charge in [-0.15, -0.1) is 11.8 Å². The number of carbonyl (C=O) groups is 2. The minimum absolute atomic E-state index is 0.141. The molecule has 0 saturated heterocycles. The van der Waals surface area contributed by atoms with Gasteiger partial charge in [0.1, 0.15) is 11.4 Å². The Labute approximate surface area is 121 Å². The number of aliphatic carboxylic acids is 1. The van der Waals surface area contributed by atoms with Crippen LogP contribution in [0.15, 0.2) is 29.2 Å². The van der Waals surface area contributed by atoms with Crippen LogP contribution in [0.2, 0.25) is 0 Å². The van der Waals surface area contributed by atoms with Gasteiger partial charge in [0.25, 0.3) is 0 Å². The molecule has 0 aliphatic carbocycles. The average Bonchev–Trinajstić information content (AvgIpc) is 2.40. The van der Waals surface area contributed by atoms with Crippen molar-refractivity contribution in [2.24, 2.45) is 0 Å². The van der Waals surface area contributed by atoms with E-state index in [-0.39, 0.29) is 18.1 Å². The molecule has 1 aromatic rings. The summed E-state index contributed by atoms with van der Waals surface area (Å²) in [6.45, 7) is 3.17. The molecule has 0 heterocycles. The molecule has 6 heteroatoms. The number of hydrogen-bond donors (Lipinski definition) is 2. The summed E-state index contributed by atoms with van der Waals surface area (Å²) in [4.78, 5) is 23.3. The van der Waals surface area contributed by atoms with Crippen LogP contribution in [-0.4, -0.2) is 28.3 Å². The molecular weight excluding hydrogens is 281 g/mol. The van der Waals surface area contributed by atoms with Gasteiger partial charge < -0.3 is 10.4 Å². The molecule has 0 aliphatic rings. The maximum atomic E-state index is 13.3. The lowest BCUT2D eigenvalue weighted by Gasteiger charge is -2.24. The number of carbonyl (C=O) groups excluding carboxylic acids is 1.